The Morgan fingerprint density at radius 2 is 1.93 bits per heavy atom. The summed E-state index contributed by atoms with van der Waals surface area (Å²) in [6.45, 7) is 1.60. The molecule has 0 spiro atoms. The summed E-state index contributed by atoms with van der Waals surface area (Å²) in [6, 6.07) is 3.78. The van der Waals surface area contributed by atoms with E-state index >= 15 is 0 Å². The molecular weight excluding hydrogens is 411 g/mol. The first-order valence-electron chi connectivity index (χ1n) is 9.39. The fourth-order valence-corrected chi connectivity index (χ4v) is 3.72. The van der Waals surface area contributed by atoms with E-state index in [1.54, 1.807) is 0 Å². The van der Waals surface area contributed by atoms with Gasteiger partial charge in [0.05, 0.1) is 17.6 Å². The second kappa shape index (κ2) is 9.77. The van der Waals surface area contributed by atoms with Crippen LogP contribution in [0.1, 0.15) is 30.4 Å². The van der Waals surface area contributed by atoms with Gasteiger partial charge < -0.3 is 20.6 Å². The van der Waals surface area contributed by atoms with Gasteiger partial charge in [-0.2, -0.15) is 13.2 Å². The van der Waals surface area contributed by atoms with Crippen LogP contribution in [0.15, 0.2) is 24.3 Å². The molecule has 2 aliphatic rings. The highest BCUT2D eigenvalue weighted by atomic mass is 35.5. The molecule has 0 bridgehead atoms. The molecule has 1 aromatic rings. The summed E-state index contributed by atoms with van der Waals surface area (Å²) in [5, 5.41) is 15.8. The fraction of sp³-hybridized carbons (Fsp3) is 0.579. The Morgan fingerprint density at radius 1 is 1.24 bits per heavy atom. The number of nitrogens with one attached hydrogen (secondary N) is 2. The molecule has 162 valence electrons. The maximum Gasteiger partial charge on any atom is 0.416 e. The average Bonchev–Trinajstić information content (AvgIpc) is 3.07. The van der Waals surface area contributed by atoms with Crippen LogP contribution in [0, 0.1) is 5.92 Å². The summed E-state index contributed by atoms with van der Waals surface area (Å²) >= 11 is 0. The van der Waals surface area contributed by atoms with Crippen molar-refractivity contribution in [3.05, 3.63) is 35.4 Å². The number of β-amino-alcohol motifs (C(OH)–C–C–N with tert-alkyl or cyclic N) is 1. The van der Waals surface area contributed by atoms with Gasteiger partial charge in [-0.15, -0.1) is 12.4 Å². The number of benzene rings is 1. The number of aliphatic hydroxyl groups is 1. The molecule has 2 amide bonds. The topological polar surface area (TPSA) is 81.7 Å². The number of carbonyl (C=O) groups is 2. The SMILES string of the molecule is Cl.O=C(NCc1ccc(C(F)(F)F)cc1)[C@H]1C[C@@H](O)CN1C(=O)[C@H]1CCCNC1. The van der Waals surface area contributed by atoms with E-state index in [1.165, 1.54) is 17.0 Å². The molecule has 3 atom stereocenters. The van der Waals surface area contributed by atoms with E-state index in [0.29, 0.717) is 12.1 Å². The first-order valence-corrected chi connectivity index (χ1v) is 9.39. The van der Waals surface area contributed by atoms with Crippen molar-refractivity contribution < 1.29 is 27.9 Å². The summed E-state index contributed by atoms with van der Waals surface area (Å²) < 4.78 is 37.8. The van der Waals surface area contributed by atoms with Gasteiger partial charge in [0.2, 0.25) is 11.8 Å². The van der Waals surface area contributed by atoms with Crippen molar-refractivity contribution in [3.63, 3.8) is 0 Å². The Bertz CT molecular complexity index is 709. The van der Waals surface area contributed by atoms with Crippen LogP contribution in [0.5, 0.6) is 0 Å². The fourth-order valence-electron chi connectivity index (χ4n) is 3.72. The van der Waals surface area contributed by atoms with E-state index in [0.717, 1.165) is 31.5 Å². The number of piperidine rings is 1. The van der Waals surface area contributed by atoms with Crippen LogP contribution in [0.25, 0.3) is 0 Å². The van der Waals surface area contributed by atoms with Crippen molar-refractivity contribution in [1.82, 2.24) is 15.5 Å². The normalized spacial score (nSPS) is 24.7. The largest absolute Gasteiger partial charge is 0.416 e. The standard InChI is InChI=1S/C19H24F3N3O3.ClH/c20-19(21,22)14-5-3-12(4-6-14)9-24-17(27)16-8-15(26)11-25(16)18(28)13-2-1-7-23-10-13;/h3-6,13,15-16,23,26H,1-2,7-11H2,(H,24,27);1H/t13-,15+,16+;/m0./s1. The van der Waals surface area contributed by atoms with E-state index < -0.39 is 29.8 Å². The zero-order chi connectivity index (χ0) is 20.3. The van der Waals surface area contributed by atoms with E-state index in [9.17, 15) is 27.9 Å². The average molecular weight is 436 g/mol. The summed E-state index contributed by atoms with van der Waals surface area (Å²) in [6.07, 6.45) is -3.38. The van der Waals surface area contributed by atoms with Gasteiger partial charge in [-0.1, -0.05) is 12.1 Å². The lowest BCUT2D eigenvalue weighted by atomic mass is 9.97. The Hall–Kier alpha value is -1.84. The molecule has 0 unspecified atom stereocenters. The molecule has 6 nitrogen and oxygen atoms in total. The molecule has 3 N–H and O–H groups in total. The predicted molar refractivity (Wildman–Crippen MR) is 102 cm³/mol. The van der Waals surface area contributed by atoms with Crippen molar-refractivity contribution in [1.29, 1.82) is 0 Å². The number of alkyl halides is 3. The number of likely N-dealkylation sites (tertiary alicyclic amines) is 1. The van der Waals surface area contributed by atoms with Crippen LogP contribution in [0.3, 0.4) is 0 Å². The van der Waals surface area contributed by atoms with Gasteiger partial charge in [0, 0.05) is 26.1 Å². The molecule has 0 saturated carbocycles. The molecule has 29 heavy (non-hydrogen) atoms. The number of carbonyl (C=O) groups excluding carboxylic acids is 2. The first-order chi connectivity index (χ1) is 13.3. The highest BCUT2D eigenvalue weighted by Crippen LogP contribution is 2.29. The predicted octanol–water partition coefficient (Wildman–Crippen LogP) is 1.70. The third kappa shape index (κ3) is 5.83. The number of amides is 2. The van der Waals surface area contributed by atoms with Gasteiger partial charge >= 0.3 is 6.18 Å². The molecule has 2 aliphatic heterocycles. The van der Waals surface area contributed by atoms with E-state index in [-0.39, 0.29) is 43.7 Å². The van der Waals surface area contributed by atoms with Crippen LogP contribution in [-0.4, -0.2) is 53.6 Å². The van der Waals surface area contributed by atoms with Gasteiger partial charge in [-0.3, -0.25) is 9.59 Å². The molecule has 0 radical (unpaired) electrons. The van der Waals surface area contributed by atoms with Gasteiger partial charge in [0.1, 0.15) is 6.04 Å². The molecular formula is C19H25ClF3N3O3. The third-order valence-electron chi connectivity index (χ3n) is 5.26. The van der Waals surface area contributed by atoms with Crippen molar-refractivity contribution in [3.8, 4) is 0 Å². The van der Waals surface area contributed by atoms with Gasteiger partial charge in [0.15, 0.2) is 0 Å². The summed E-state index contributed by atoms with van der Waals surface area (Å²) in [5.41, 5.74) is -0.228. The maximum atomic E-state index is 12.8. The quantitative estimate of drug-likeness (QED) is 0.672. The van der Waals surface area contributed by atoms with Crippen LogP contribution < -0.4 is 10.6 Å². The number of aliphatic hydroxyl groups excluding tert-OH is 1. The van der Waals surface area contributed by atoms with Crippen LogP contribution >= 0.6 is 12.4 Å². The van der Waals surface area contributed by atoms with Crippen molar-refractivity contribution in [2.45, 2.75) is 44.1 Å². The number of hydrogen-bond donors (Lipinski definition) is 3. The van der Waals surface area contributed by atoms with Crippen LogP contribution in [0.2, 0.25) is 0 Å². The Morgan fingerprint density at radius 3 is 2.52 bits per heavy atom. The Labute approximate surface area is 173 Å². The van der Waals surface area contributed by atoms with E-state index in [2.05, 4.69) is 10.6 Å². The molecule has 2 fully saturated rings. The molecule has 10 heteroatoms. The van der Waals surface area contributed by atoms with E-state index in [1.807, 2.05) is 0 Å². The lowest BCUT2D eigenvalue weighted by Gasteiger charge is -2.30. The number of hydrogen-bond acceptors (Lipinski definition) is 4. The second-order valence-corrected chi connectivity index (χ2v) is 7.35. The number of nitrogens with zero attached hydrogens (tertiary/aromatic N) is 1. The lowest BCUT2D eigenvalue weighted by Crippen LogP contribution is -2.50. The highest BCUT2D eigenvalue weighted by molar-refractivity contribution is 5.89. The molecule has 2 saturated heterocycles. The third-order valence-corrected chi connectivity index (χ3v) is 5.26. The Balaban J connectivity index is 0.00000300. The minimum atomic E-state index is -4.41. The van der Waals surface area contributed by atoms with Crippen molar-refractivity contribution >= 4 is 24.2 Å². The molecule has 2 heterocycles. The molecule has 1 aromatic carbocycles. The monoisotopic (exact) mass is 435 g/mol. The summed E-state index contributed by atoms with van der Waals surface area (Å²) in [4.78, 5) is 26.8. The van der Waals surface area contributed by atoms with Crippen LogP contribution in [0.4, 0.5) is 13.2 Å². The number of halogens is 4. The van der Waals surface area contributed by atoms with E-state index in [4.69, 9.17) is 0 Å². The summed E-state index contributed by atoms with van der Waals surface area (Å²) in [7, 11) is 0. The lowest BCUT2D eigenvalue weighted by molar-refractivity contribution is -0.142. The number of rotatable bonds is 4. The smallest absolute Gasteiger partial charge is 0.391 e. The summed E-state index contributed by atoms with van der Waals surface area (Å²) in [5.74, 6) is -0.753. The first kappa shape index (κ1) is 23.4. The van der Waals surface area contributed by atoms with Gasteiger partial charge in [-0.25, -0.2) is 0 Å². The molecule has 0 aliphatic carbocycles. The van der Waals surface area contributed by atoms with Crippen LogP contribution in [-0.2, 0) is 22.3 Å². The maximum absolute atomic E-state index is 12.8. The second-order valence-electron chi connectivity index (χ2n) is 7.35. The van der Waals surface area contributed by atoms with Gasteiger partial charge in [0.25, 0.3) is 0 Å². The van der Waals surface area contributed by atoms with Crippen molar-refractivity contribution in [2.75, 3.05) is 19.6 Å². The van der Waals surface area contributed by atoms with Crippen molar-refractivity contribution in [2.24, 2.45) is 5.92 Å². The Kier molecular flexibility index (Phi) is 7.90. The molecule has 0 aromatic heterocycles. The minimum Gasteiger partial charge on any atom is -0.391 e. The van der Waals surface area contributed by atoms with Gasteiger partial charge in [-0.05, 0) is 37.1 Å². The zero-order valence-electron chi connectivity index (χ0n) is 15.7. The highest BCUT2D eigenvalue weighted by Gasteiger charge is 2.41. The molecule has 3 rings (SSSR count). The zero-order valence-corrected chi connectivity index (χ0v) is 16.6. The minimum absolute atomic E-state index is 0.